The standard InChI is InChI=1S/C9H11BrN4/c1-11-3-2-7-9-13-6-8(10)14(9)5-4-12-7/h4-6,11H,2-3H2,1H3. The molecule has 0 aliphatic rings. The van der Waals surface area contributed by atoms with Crippen LogP contribution in [-0.4, -0.2) is 28.0 Å². The number of imidazole rings is 1. The zero-order valence-electron chi connectivity index (χ0n) is 7.87. The Morgan fingerprint density at radius 3 is 3.14 bits per heavy atom. The van der Waals surface area contributed by atoms with Crippen molar-refractivity contribution >= 4 is 21.6 Å². The van der Waals surface area contributed by atoms with Gasteiger partial charge in [-0.25, -0.2) is 4.98 Å². The molecule has 2 heterocycles. The van der Waals surface area contributed by atoms with E-state index < -0.39 is 0 Å². The molecule has 1 N–H and O–H groups in total. The fraction of sp³-hybridized carbons (Fsp3) is 0.333. The van der Waals surface area contributed by atoms with Crippen molar-refractivity contribution in [3.63, 3.8) is 0 Å². The van der Waals surface area contributed by atoms with Gasteiger partial charge >= 0.3 is 0 Å². The maximum atomic E-state index is 4.31. The number of hydrogen-bond acceptors (Lipinski definition) is 3. The number of rotatable bonds is 3. The Balaban J connectivity index is 2.44. The van der Waals surface area contributed by atoms with Crippen molar-refractivity contribution in [2.45, 2.75) is 6.42 Å². The lowest BCUT2D eigenvalue weighted by Gasteiger charge is -2.01. The molecule has 0 saturated carbocycles. The van der Waals surface area contributed by atoms with Gasteiger partial charge in [0.1, 0.15) is 4.60 Å². The van der Waals surface area contributed by atoms with Crippen LogP contribution in [0.3, 0.4) is 0 Å². The van der Waals surface area contributed by atoms with Crippen molar-refractivity contribution in [1.82, 2.24) is 19.7 Å². The second-order valence-corrected chi connectivity index (χ2v) is 3.81. The van der Waals surface area contributed by atoms with Gasteiger partial charge < -0.3 is 5.32 Å². The molecule has 2 rings (SSSR count). The van der Waals surface area contributed by atoms with Crippen LogP contribution in [0.1, 0.15) is 5.69 Å². The second-order valence-electron chi connectivity index (χ2n) is 3.00. The van der Waals surface area contributed by atoms with E-state index in [1.165, 1.54) is 0 Å². The number of nitrogens with zero attached hydrogens (tertiary/aromatic N) is 3. The van der Waals surface area contributed by atoms with Crippen LogP contribution in [0.5, 0.6) is 0 Å². The Bertz CT molecular complexity index is 437. The topological polar surface area (TPSA) is 42.2 Å². The molecule has 0 saturated heterocycles. The molecule has 0 atom stereocenters. The first-order valence-electron chi connectivity index (χ1n) is 4.44. The first kappa shape index (κ1) is 9.61. The quantitative estimate of drug-likeness (QED) is 0.897. The summed E-state index contributed by atoms with van der Waals surface area (Å²) in [5.74, 6) is 0. The van der Waals surface area contributed by atoms with Crippen LogP contribution in [0, 0.1) is 0 Å². The van der Waals surface area contributed by atoms with Crippen molar-refractivity contribution in [2.24, 2.45) is 0 Å². The minimum atomic E-state index is 0.893. The molecular weight excluding hydrogens is 244 g/mol. The van der Waals surface area contributed by atoms with E-state index in [1.54, 1.807) is 12.4 Å². The van der Waals surface area contributed by atoms with Gasteiger partial charge in [-0.3, -0.25) is 9.38 Å². The lowest BCUT2D eigenvalue weighted by atomic mass is 10.3. The molecule has 0 amide bonds. The summed E-state index contributed by atoms with van der Waals surface area (Å²) in [7, 11) is 1.93. The van der Waals surface area contributed by atoms with Gasteiger partial charge in [-0.2, -0.15) is 0 Å². The van der Waals surface area contributed by atoms with Crippen LogP contribution in [0.25, 0.3) is 5.65 Å². The highest BCUT2D eigenvalue weighted by Gasteiger charge is 2.05. The smallest absolute Gasteiger partial charge is 0.159 e. The van der Waals surface area contributed by atoms with E-state index in [1.807, 2.05) is 17.6 Å². The van der Waals surface area contributed by atoms with Crippen LogP contribution >= 0.6 is 15.9 Å². The molecule has 2 aromatic rings. The zero-order chi connectivity index (χ0) is 9.97. The van der Waals surface area contributed by atoms with Crippen LogP contribution in [0.4, 0.5) is 0 Å². The van der Waals surface area contributed by atoms with E-state index in [2.05, 4.69) is 31.2 Å². The van der Waals surface area contributed by atoms with Gasteiger partial charge in [0.2, 0.25) is 0 Å². The van der Waals surface area contributed by atoms with Crippen molar-refractivity contribution in [3.05, 3.63) is 28.9 Å². The lowest BCUT2D eigenvalue weighted by molar-refractivity contribution is 0.775. The van der Waals surface area contributed by atoms with Crippen LogP contribution < -0.4 is 5.32 Å². The molecule has 0 aromatic carbocycles. The van der Waals surface area contributed by atoms with Gasteiger partial charge in [-0.1, -0.05) is 0 Å². The predicted molar refractivity (Wildman–Crippen MR) is 58.3 cm³/mol. The molecule has 14 heavy (non-hydrogen) atoms. The maximum Gasteiger partial charge on any atom is 0.159 e. The average Bonchev–Trinajstić information content (AvgIpc) is 2.58. The first-order chi connectivity index (χ1) is 6.83. The fourth-order valence-electron chi connectivity index (χ4n) is 1.36. The SMILES string of the molecule is CNCCc1nccn2c(Br)cnc12. The molecule has 0 spiro atoms. The van der Waals surface area contributed by atoms with Crippen LogP contribution in [0.2, 0.25) is 0 Å². The summed E-state index contributed by atoms with van der Waals surface area (Å²) in [6, 6.07) is 0. The normalized spacial score (nSPS) is 11.0. The number of nitrogens with one attached hydrogen (secondary N) is 1. The number of hydrogen-bond donors (Lipinski definition) is 1. The van der Waals surface area contributed by atoms with Crippen molar-refractivity contribution in [3.8, 4) is 0 Å². The molecule has 0 aliphatic carbocycles. The monoisotopic (exact) mass is 254 g/mol. The van der Waals surface area contributed by atoms with Crippen molar-refractivity contribution in [1.29, 1.82) is 0 Å². The summed E-state index contributed by atoms with van der Waals surface area (Å²) >= 11 is 3.43. The predicted octanol–water partition coefficient (Wildman–Crippen LogP) is 1.25. The van der Waals surface area contributed by atoms with Crippen molar-refractivity contribution in [2.75, 3.05) is 13.6 Å². The third-order valence-corrected chi connectivity index (χ3v) is 2.65. The van der Waals surface area contributed by atoms with E-state index in [4.69, 9.17) is 0 Å². The first-order valence-corrected chi connectivity index (χ1v) is 5.23. The number of likely N-dealkylation sites (N-methyl/N-ethyl adjacent to an activating group) is 1. The van der Waals surface area contributed by atoms with E-state index >= 15 is 0 Å². The van der Waals surface area contributed by atoms with Gasteiger partial charge in [-0.05, 0) is 23.0 Å². The lowest BCUT2D eigenvalue weighted by Crippen LogP contribution is -2.12. The van der Waals surface area contributed by atoms with Gasteiger partial charge in [0.15, 0.2) is 5.65 Å². The molecule has 0 radical (unpaired) electrons. The number of aromatic nitrogens is 3. The third kappa shape index (κ3) is 1.65. The molecular formula is C9H11BrN4. The van der Waals surface area contributed by atoms with Gasteiger partial charge in [-0.15, -0.1) is 0 Å². The fourth-order valence-corrected chi connectivity index (χ4v) is 1.75. The van der Waals surface area contributed by atoms with E-state index in [-0.39, 0.29) is 0 Å². The number of fused-ring (bicyclic) bond motifs is 1. The summed E-state index contributed by atoms with van der Waals surface area (Å²) in [5.41, 5.74) is 1.95. The van der Waals surface area contributed by atoms with Crippen LogP contribution in [-0.2, 0) is 6.42 Å². The largest absolute Gasteiger partial charge is 0.319 e. The summed E-state index contributed by atoms with van der Waals surface area (Å²) < 4.78 is 2.94. The third-order valence-electron chi connectivity index (χ3n) is 2.07. The summed E-state index contributed by atoms with van der Waals surface area (Å²) in [6.45, 7) is 0.914. The molecule has 0 aliphatic heterocycles. The van der Waals surface area contributed by atoms with E-state index in [9.17, 15) is 0 Å². The minimum Gasteiger partial charge on any atom is -0.319 e. The van der Waals surface area contributed by atoms with Crippen LogP contribution in [0.15, 0.2) is 23.2 Å². The molecule has 0 fully saturated rings. The highest BCUT2D eigenvalue weighted by Crippen LogP contribution is 2.14. The molecule has 0 unspecified atom stereocenters. The van der Waals surface area contributed by atoms with E-state index in [0.29, 0.717) is 0 Å². The Labute approximate surface area is 90.5 Å². The second kappa shape index (κ2) is 4.06. The molecule has 74 valence electrons. The Kier molecular flexibility index (Phi) is 2.79. The van der Waals surface area contributed by atoms with E-state index in [0.717, 1.165) is 28.9 Å². The Hall–Kier alpha value is -0.940. The molecule has 4 nitrogen and oxygen atoms in total. The van der Waals surface area contributed by atoms with Gasteiger partial charge in [0.05, 0.1) is 11.9 Å². The highest BCUT2D eigenvalue weighted by molar-refractivity contribution is 9.10. The zero-order valence-corrected chi connectivity index (χ0v) is 9.45. The van der Waals surface area contributed by atoms with Gasteiger partial charge in [0, 0.05) is 25.4 Å². The summed E-state index contributed by atoms with van der Waals surface area (Å²) in [6.07, 6.45) is 6.38. The summed E-state index contributed by atoms with van der Waals surface area (Å²) in [5, 5.41) is 3.10. The van der Waals surface area contributed by atoms with Crippen molar-refractivity contribution < 1.29 is 0 Å². The average molecular weight is 255 g/mol. The maximum absolute atomic E-state index is 4.31. The van der Waals surface area contributed by atoms with Gasteiger partial charge in [0.25, 0.3) is 0 Å². The minimum absolute atomic E-state index is 0.893. The Morgan fingerprint density at radius 2 is 2.36 bits per heavy atom. The Morgan fingerprint density at radius 1 is 1.50 bits per heavy atom. The molecule has 0 bridgehead atoms. The highest BCUT2D eigenvalue weighted by atomic mass is 79.9. The summed E-state index contributed by atoms with van der Waals surface area (Å²) in [4.78, 5) is 8.61. The number of halogens is 1. The molecule has 5 heteroatoms. The molecule has 2 aromatic heterocycles.